The van der Waals surface area contributed by atoms with E-state index in [0.717, 1.165) is 0 Å². The highest BCUT2D eigenvalue weighted by Crippen LogP contribution is 2.34. The first-order valence-electron chi connectivity index (χ1n) is 10.8. The van der Waals surface area contributed by atoms with E-state index >= 15 is 0 Å². The molecular weight excluding hydrogens is 501 g/mol. The number of Topliss-reactive ketones (excluding diaryl/α,β-unsaturated/α-hetero) is 1. The van der Waals surface area contributed by atoms with Crippen LogP contribution in [-0.2, 0) is 11.2 Å². The van der Waals surface area contributed by atoms with Crippen LogP contribution in [0, 0.1) is 0 Å². The minimum Gasteiger partial charge on any atom is -0.479 e. The number of ketones is 1. The second kappa shape index (κ2) is 11.3. The van der Waals surface area contributed by atoms with E-state index in [-0.39, 0.29) is 35.3 Å². The molecule has 180 valence electrons. The first-order valence-corrected chi connectivity index (χ1v) is 11.9. The van der Waals surface area contributed by atoms with Crippen molar-refractivity contribution < 1.29 is 23.8 Å². The summed E-state index contributed by atoms with van der Waals surface area (Å²) in [6.45, 7) is 5.67. The van der Waals surface area contributed by atoms with Gasteiger partial charge in [0.2, 0.25) is 5.89 Å². The molecule has 6 nitrogen and oxygen atoms in total. The number of oxazole rings is 1. The van der Waals surface area contributed by atoms with Crippen molar-refractivity contribution in [2.75, 3.05) is 0 Å². The molecule has 0 aliphatic rings. The number of benzene rings is 2. The quantitative estimate of drug-likeness (QED) is 0.276. The fourth-order valence-electron chi connectivity index (χ4n) is 3.38. The Morgan fingerprint density at radius 2 is 1.82 bits per heavy atom. The molecule has 0 aliphatic carbocycles. The highest BCUT2D eigenvalue weighted by atomic mass is 35.5. The maximum Gasteiger partial charge on any atom is 0.344 e. The van der Waals surface area contributed by atoms with Gasteiger partial charge in [0.05, 0.1) is 21.3 Å². The lowest BCUT2D eigenvalue weighted by atomic mass is 10.0. The first kappa shape index (κ1) is 26.1. The zero-order valence-corrected chi connectivity index (χ0v) is 21.2. The average Bonchev–Trinajstić information content (AvgIpc) is 3.20. The molecule has 0 amide bonds. The fraction of sp³-hybridized carbons (Fsp3) is 0.320. The zero-order valence-electron chi connectivity index (χ0n) is 18.9. The maximum absolute atomic E-state index is 12.8. The summed E-state index contributed by atoms with van der Waals surface area (Å²) in [4.78, 5) is 28.6. The Balaban J connectivity index is 1.76. The number of carboxylic acid groups (broad SMARTS) is 1. The normalized spacial score (nSPS) is 12.1. The predicted molar refractivity (Wildman–Crippen MR) is 132 cm³/mol. The van der Waals surface area contributed by atoms with E-state index in [0.29, 0.717) is 44.9 Å². The molecule has 1 unspecified atom stereocenters. The Labute approximate surface area is 212 Å². The number of aliphatic carboxylic acids is 1. The summed E-state index contributed by atoms with van der Waals surface area (Å²) in [6, 6.07) is 9.65. The molecule has 34 heavy (non-hydrogen) atoms. The molecule has 1 atom stereocenters. The number of carboxylic acids is 1. The van der Waals surface area contributed by atoms with Crippen LogP contribution in [0.2, 0.25) is 15.1 Å². The Morgan fingerprint density at radius 1 is 1.09 bits per heavy atom. The fourth-order valence-corrected chi connectivity index (χ4v) is 4.09. The lowest BCUT2D eigenvalue weighted by molar-refractivity contribution is -0.145. The van der Waals surface area contributed by atoms with Gasteiger partial charge in [-0.15, -0.1) is 0 Å². The van der Waals surface area contributed by atoms with Crippen molar-refractivity contribution in [3.8, 4) is 17.2 Å². The van der Waals surface area contributed by atoms with Crippen LogP contribution in [0.5, 0.6) is 5.75 Å². The maximum atomic E-state index is 12.8. The molecule has 1 heterocycles. The van der Waals surface area contributed by atoms with E-state index in [2.05, 4.69) is 4.98 Å². The minimum atomic E-state index is -1.08. The standard InChI is InChI=1S/C25H24Cl3NO5/c1-4-21(25(31)32)33-22-10-5-14(11-18(22)28)20(30)9-8-19-23(13(2)3)34-24(29-19)16-7-6-15(26)12-17(16)27/h5-7,10-13,21H,4,8-9H2,1-3H3,(H,31,32). The third kappa shape index (κ3) is 6.12. The topological polar surface area (TPSA) is 89.6 Å². The molecule has 0 saturated heterocycles. The molecule has 9 heteroatoms. The van der Waals surface area contributed by atoms with E-state index < -0.39 is 12.1 Å². The number of aryl methyl sites for hydroxylation is 1. The van der Waals surface area contributed by atoms with Crippen molar-refractivity contribution in [2.45, 2.75) is 52.1 Å². The molecule has 0 saturated carbocycles. The van der Waals surface area contributed by atoms with Crippen LogP contribution in [-0.4, -0.2) is 27.9 Å². The molecule has 1 N–H and O–H groups in total. The molecular formula is C25H24Cl3NO5. The summed E-state index contributed by atoms with van der Waals surface area (Å²) in [7, 11) is 0. The number of ether oxygens (including phenoxy) is 1. The van der Waals surface area contributed by atoms with Crippen LogP contribution in [0.1, 0.15) is 61.3 Å². The van der Waals surface area contributed by atoms with Gasteiger partial charge in [0, 0.05) is 29.3 Å². The van der Waals surface area contributed by atoms with Crippen LogP contribution in [0.25, 0.3) is 11.5 Å². The van der Waals surface area contributed by atoms with Crippen LogP contribution in [0.15, 0.2) is 40.8 Å². The monoisotopic (exact) mass is 523 g/mol. The molecule has 1 aromatic heterocycles. The molecule has 0 aliphatic heterocycles. The van der Waals surface area contributed by atoms with Crippen molar-refractivity contribution in [3.63, 3.8) is 0 Å². The van der Waals surface area contributed by atoms with E-state index in [1.807, 2.05) is 13.8 Å². The summed E-state index contributed by atoms with van der Waals surface area (Å²) in [5, 5.41) is 10.3. The number of carbonyl (C=O) groups excluding carboxylic acids is 1. The molecule has 0 spiro atoms. The average molecular weight is 525 g/mol. The molecule has 0 fully saturated rings. The zero-order chi connectivity index (χ0) is 25.0. The van der Waals surface area contributed by atoms with Crippen molar-refractivity contribution in [3.05, 3.63) is 68.5 Å². The molecule has 0 radical (unpaired) electrons. The molecule has 3 aromatic rings. The molecule has 3 rings (SSSR count). The van der Waals surface area contributed by atoms with Crippen molar-refractivity contribution in [2.24, 2.45) is 0 Å². The second-order valence-corrected chi connectivity index (χ2v) is 9.28. The number of rotatable bonds is 10. The Kier molecular flexibility index (Phi) is 8.63. The lowest BCUT2D eigenvalue weighted by Crippen LogP contribution is -2.26. The van der Waals surface area contributed by atoms with Crippen molar-refractivity contribution in [1.29, 1.82) is 0 Å². The number of nitrogens with zero attached hydrogens (tertiary/aromatic N) is 1. The van der Waals surface area contributed by atoms with Gasteiger partial charge in [0.15, 0.2) is 11.9 Å². The highest BCUT2D eigenvalue weighted by molar-refractivity contribution is 6.36. The number of hydrogen-bond acceptors (Lipinski definition) is 5. The van der Waals surface area contributed by atoms with Crippen LogP contribution < -0.4 is 4.74 Å². The van der Waals surface area contributed by atoms with Crippen molar-refractivity contribution >= 4 is 46.6 Å². The Morgan fingerprint density at radius 3 is 2.41 bits per heavy atom. The smallest absolute Gasteiger partial charge is 0.344 e. The molecule has 0 bridgehead atoms. The Bertz CT molecular complexity index is 1210. The third-order valence-corrected chi connectivity index (χ3v) is 6.01. The van der Waals surface area contributed by atoms with Gasteiger partial charge < -0.3 is 14.3 Å². The predicted octanol–water partition coefficient (Wildman–Crippen LogP) is 7.48. The number of hydrogen-bond donors (Lipinski definition) is 1. The lowest BCUT2D eigenvalue weighted by Gasteiger charge is -2.14. The van der Waals surface area contributed by atoms with E-state index in [4.69, 9.17) is 49.1 Å². The highest BCUT2D eigenvalue weighted by Gasteiger charge is 2.21. The second-order valence-electron chi connectivity index (χ2n) is 8.03. The number of carbonyl (C=O) groups is 2. The Hall–Kier alpha value is -2.54. The van der Waals surface area contributed by atoms with E-state index in [9.17, 15) is 9.59 Å². The van der Waals surface area contributed by atoms with Crippen molar-refractivity contribution in [1.82, 2.24) is 4.98 Å². The van der Waals surface area contributed by atoms with Gasteiger partial charge in [0.25, 0.3) is 0 Å². The number of halogens is 3. The van der Waals surface area contributed by atoms with Gasteiger partial charge in [-0.25, -0.2) is 9.78 Å². The largest absolute Gasteiger partial charge is 0.479 e. The third-order valence-electron chi connectivity index (χ3n) is 5.17. The van der Waals surface area contributed by atoms with E-state index in [1.54, 1.807) is 31.2 Å². The summed E-state index contributed by atoms with van der Waals surface area (Å²) in [6.07, 6.45) is -0.174. The summed E-state index contributed by atoms with van der Waals surface area (Å²) < 4.78 is 11.4. The van der Waals surface area contributed by atoms with Gasteiger partial charge in [0.1, 0.15) is 11.5 Å². The first-order chi connectivity index (χ1) is 16.1. The minimum absolute atomic E-state index is 0.0593. The van der Waals surface area contributed by atoms with Gasteiger partial charge in [-0.2, -0.15) is 0 Å². The summed E-state index contributed by atoms with van der Waals surface area (Å²) >= 11 is 18.5. The SMILES string of the molecule is CCC(Oc1ccc(C(=O)CCc2nc(-c3ccc(Cl)cc3Cl)oc2C(C)C)cc1Cl)C(=O)O. The van der Waals surface area contributed by atoms with Gasteiger partial charge in [-0.3, -0.25) is 4.79 Å². The molecule has 2 aromatic carbocycles. The summed E-state index contributed by atoms with van der Waals surface area (Å²) in [5.74, 6) is 0.129. The van der Waals surface area contributed by atoms with E-state index in [1.165, 1.54) is 12.1 Å². The summed E-state index contributed by atoms with van der Waals surface area (Å²) in [5.41, 5.74) is 1.71. The van der Waals surface area contributed by atoms with Crippen LogP contribution >= 0.6 is 34.8 Å². The van der Waals surface area contributed by atoms with Gasteiger partial charge in [-0.05, 0) is 42.8 Å². The van der Waals surface area contributed by atoms with Gasteiger partial charge >= 0.3 is 5.97 Å². The van der Waals surface area contributed by atoms with Gasteiger partial charge in [-0.1, -0.05) is 55.6 Å². The van der Waals surface area contributed by atoms with Crippen LogP contribution in [0.4, 0.5) is 0 Å². The van der Waals surface area contributed by atoms with Crippen LogP contribution in [0.3, 0.4) is 0 Å². The number of aromatic nitrogens is 1.